The minimum Gasteiger partial charge on any atom is -0.486 e. The Morgan fingerprint density at radius 2 is 2.17 bits per heavy atom. The van der Waals surface area contributed by atoms with E-state index in [1.807, 2.05) is 6.07 Å². The maximum atomic E-state index is 11.2. The van der Waals surface area contributed by atoms with E-state index in [4.69, 9.17) is 15.2 Å². The molecular weight excluding hydrogens is 302 g/mol. The van der Waals surface area contributed by atoms with Crippen LogP contribution in [0.4, 0.5) is 4.79 Å². The van der Waals surface area contributed by atoms with Gasteiger partial charge < -0.3 is 20.5 Å². The lowest BCUT2D eigenvalue weighted by molar-refractivity contribution is 0.170. The Balaban J connectivity index is 2.01. The highest BCUT2D eigenvalue weighted by atomic mass is 79.9. The first kappa shape index (κ1) is 11.3. The van der Waals surface area contributed by atoms with Gasteiger partial charge in [-0.15, -0.1) is 0 Å². The molecule has 0 fully saturated rings. The number of fused-ring (bicyclic) bond motifs is 1. The van der Waals surface area contributed by atoms with Crippen LogP contribution in [0.15, 0.2) is 21.6 Å². The van der Waals surface area contributed by atoms with Gasteiger partial charge >= 0.3 is 6.03 Å². The second-order valence-corrected chi connectivity index (χ2v) is 4.80. The Morgan fingerprint density at radius 3 is 2.89 bits per heavy atom. The first-order chi connectivity index (χ1) is 8.65. The molecule has 94 valence electrons. The minimum atomic E-state index is -0.427. The van der Waals surface area contributed by atoms with Gasteiger partial charge in [0.25, 0.3) is 0 Å². The number of nitrogens with one attached hydrogen (secondary N) is 1. The smallest absolute Gasteiger partial charge is 0.343 e. The standard InChI is InChI=1S/C11H10BrN3O3/c12-6-3-5(8-10(13)15-11(16)14-8)4-7-9(6)18-2-1-17-7/h3-4,8H,1-2H2,(H3,13,14,15,16). The highest BCUT2D eigenvalue weighted by Crippen LogP contribution is 2.40. The van der Waals surface area contributed by atoms with Crippen LogP contribution in [-0.4, -0.2) is 25.1 Å². The van der Waals surface area contributed by atoms with Crippen molar-refractivity contribution < 1.29 is 14.3 Å². The summed E-state index contributed by atoms with van der Waals surface area (Å²) >= 11 is 3.42. The second-order valence-electron chi connectivity index (χ2n) is 3.95. The Morgan fingerprint density at radius 1 is 1.39 bits per heavy atom. The number of aliphatic imine (C=N–C) groups is 1. The fraction of sp³-hybridized carbons (Fsp3) is 0.273. The van der Waals surface area contributed by atoms with Crippen LogP contribution >= 0.6 is 15.9 Å². The first-order valence-electron chi connectivity index (χ1n) is 5.39. The summed E-state index contributed by atoms with van der Waals surface area (Å²) in [5.74, 6) is 1.56. The van der Waals surface area contributed by atoms with Gasteiger partial charge in [-0.05, 0) is 33.6 Å². The number of urea groups is 1. The van der Waals surface area contributed by atoms with E-state index in [0.29, 0.717) is 24.7 Å². The number of ether oxygens (including phenoxy) is 2. The fourth-order valence-electron chi connectivity index (χ4n) is 1.96. The summed E-state index contributed by atoms with van der Waals surface area (Å²) in [6, 6.07) is 2.80. The summed E-state index contributed by atoms with van der Waals surface area (Å²) in [6.45, 7) is 1.03. The quantitative estimate of drug-likeness (QED) is 0.819. The molecule has 0 bridgehead atoms. The molecular formula is C11H10BrN3O3. The van der Waals surface area contributed by atoms with Crippen LogP contribution in [0.25, 0.3) is 0 Å². The zero-order chi connectivity index (χ0) is 12.7. The van der Waals surface area contributed by atoms with Crippen molar-refractivity contribution in [3.63, 3.8) is 0 Å². The Kier molecular flexibility index (Phi) is 2.62. The molecule has 0 spiro atoms. The van der Waals surface area contributed by atoms with E-state index in [-0.39, 0.29) is 5.84 Å². The van der Waals surface area contributed by atoms with E-state index in [2.05, 4.69) is 26.2 Å². The average molecular weight is 312 g/mol. The molecule has 1 aromatic rings. The minimum absolute atomic E-state index is 0.253. The van der Waals surface area contributed by atoms with Crippen LogP contribution in [0.5, 0.6) is 11.5 Å². The van der Waals surface area contributed by atoms with Gasteiger partial charge in [-0.3, -0.25) is 0 Å². The van der Waals surface area contributed by atoms with E-state index < -0.39 is 12.1 Å². The number of halogens is 1. The van der Waals surface area contributed by atoms with Crippen molar-refractivity contribution in [3.8, 4) is 11.5 Å². The van der Waals surface area contributed by atoms with Crippen molar-refractivity contribution in [1.82, 2.24) is 5.32 Å². The van der Waals surface area contributed by atoms with Gasteiger partial charge in [-0.25, -0.2) is 4.79 Å². The fourth-order valence-corrected chi connectivity index (χ4v) is 2.54. The molecule has 0 saturated heterocycles. The highest BCUT2D eigenvalue weighted by Gasteiger charge is 2.27. The van der Waals surface area contributed by atoms with Crippen LogP contribution < -0.4 is 20.5 Å². The molecule has 0 saturated carbocycles. The highest BCUT2D eigenvalue weighted by molar-refractivity contribution is 9.10. The normalized spacial score (nSPS) is 21.5. The summed E-state index contributed by atoms with van der Waals surface area (Å²) in [7, 11) is 0. The number of amidine groups is 1. The van der Waals surface area contributed by atoms with Crippen molar-refractivity contribution >= 4 is 27.8 Å². The molecule has 1 atom stereocenters. The topological polar surface area (TPSA) is 85.9 Å². The molecule has 1 unspecified atom stereocenters. The van der Waals surface area contributed by atoms with Crippen LogP contribution in [-0.2, 0) is 0 Å². The van der Waals surface area contributed by atoms with E-state index in [1.165, 1.54) is 0 Å². The Bertz CT molecular complexity index is 559. The number of hydrogen-bond acceptors (Lipinski definition) is 4. The van der Waals surface area contributed by atoms with Gasteiger partial charge in [-0.1, -0.05) is 0 Å². The number of nitrogens with two attached hydrogens (primary N) is 1. The molecule has 0 aromatic heterocycles. The van der Waals surface area contributed by atoms with E-state index in [0.717, 1.165) is 10.0 Å². The van der Waals surface area contributed by atoms with Crippen LogP contribution in [0.2, 0.25) is 0 Å². The third-order valence-corrected chi connectivity index (χ3v) is 3.34. The number of carbonyl (C=O) groups is 1. The van der Waals surface area contributed by atoms with Gasteiger partial charge in [0.05, 0.1) is 4.47 Å². The molecule has 7 heteroatoms. The van der Waals surface area contributed by atoms with E-state index >= 15 is 0 Å². The monoisotopic (exact) mass is 311 g/mol. The van der Waals surface area contributed by atoms with Crippen LogP contribution in [0, 0.1) is 0 Å². The molecule has 3 rings (SSSR count). The number of rotatable bonds is 1. The third kappa shape index (κ3) is 1.80. The number of carbonyl (C=O) groups excluding carboxylic acids is 1. The number of hydrogen-bond donors (Lipinski definition) is 2. The Labute approximate surface area is 111 Å². The molecule has 3 N–H and O–H groups in total. The van der Waals surface area contributed by atoms with Crippen molar-refractivity contribution in [2.75, 3.05) is 13.2 Å². The summed E-state index contributed by atoms with van der Waals surface area (Å²) in [4.78, 5) is 14.8. The molecule has 2 aliphatic rings. The molecule has 2 heterocycles. The van der Waals surface area contributed by atoms with Gasteiger partial charge in [0.1, 0.15) is 25.1 Å². The maximum absolute atomic E-state index is 11.2. The van der Waals surface area contributed by atoms with E-state index in [9.17, 15) is 4.79 Å². The molecule has 2 aliphatic heterocycles. The predicted molar refractivity (Wildman–Crippen MR) is 68.0 cm³/mol. The SMILES string of the molecule is NC1=NC(=O)NC1c1cc(Br)c2c(c1)OCCO2. The third-order valence-electron chi connectivity index (χ3n) is 2.75. The van der Waals surface area contributed by atoms with Gasteiger partial charge in [-0.2, -0.15) is 4.99 Å². The lowest BCUT2D eigenvalue weighted by Gasteiger charge is -2.21. The number of amides is 2. The van der Waals surface area contributed by atoms with Crippen molar-refractivity contribution in [1.29, 1.82) is 0 Å². The zero-order valence-electron chi connectivity index (χ0n) is 9.27. The van der Waals surface area contributed by atoms with Crippen LogP contribution in [0.1, 0.15) is 11.6 Å². The summed E-state index contributed by atoms with van der Waals surface area (Å²) in [6.07, 6.45) is 0. The summed E-state index contributed by atoms with van der Waals surface area (Å²) in [5, 5.41) is 2.67. The summed E-state index contributed by atoms with van der Waals surface area (Å²) < 4.78 is 11.8. The van der Waals surface area contributed by atoms with Crippen molar-refractivity contribution in [2.45, 2.75) is 6.04 Å². The molecule has 0 radical (unpaired) electrons. The molecule has 2 amide bonds. The lowest BCUT2D eigenvalue weighted by Crippen LogP contribution is -2.28. The van der Waals surface area contributed by atoms with Crippen molar-refractivity contribution in [3.05, 3.63) is 22.2 Å². The average Bonchev–Trinajstić information content (AvgIpc) is 2.68. The van der Waals surface area contributed by atoms with Crippen LogP contribution in [0.3, 0.4) is 0 Å². The zero-order valence-corrected chi connectivity index (χ0v) is 10.9. The van der Waals surface area contributed by atoms with Crippen molar-refractivity contribution in [2.24, 2.45) is 10.7 Å². The first-order valence-corrected chi connectivity index (χ1v) is 6.18. The van der Waals surface area contributed by atoms with E-state index in [1.54, 1.807) is 6.07 Å². The number of nitrogens with zero attached hydrogens (tertiary/aromatic N) is 1. The Hall–Kier alpha value is -1.76. The van der Waals surface area contributed by atoms with Gasteiger partial charge in [0.15, 0.2) is 11.5 Å². The lowest BCUT2D eigenvalue weighted by atomic mass is 10.1. The van der Waals surface area contributed by atoms with Gasteiger partial charge in [0, 0.05) is 0 Å². The maximum Gasteiger partial charge on any atom is 0.343 e. The molecule has 6 nitrogen and oxygen atoms in total. The number of benzene rings is 1. The predicted octanol–water partition coefficient (Wildman–Crippen LogP) is 1.34. The largest absolute Gasteiger partial charge is 0.486 e. The molecule has 0 aliphatic carbocycles. The summed E-state index contributed by atoms with van der Waals surface area (Å²) in [5.41, 5.74) is 6.51. The van der Waals surface area contributed by atoms with Gasteiger partial charge in [0.2, 0.25) is 0 Å². The molecule has 18 heavy (non-hydrogen) atoms. The second kappa shape index (κ2) is 4.16. The molecule has 1 aromatic carbocycles.